The molecule has 1 aromatic heterocycles. The van der Waals surface area contributed by atoms with E-state index in [2.05, 4.69) is 4.98 Å². The Bertz CT molecular complexity index is 294. The number of halogens is 2. The van der Waals surface area contributed by atoms with Crippen LogP contribution < -0.4 is 4.90 Å². The highest BCUT2D eigenvalue weighted by Gasteiger charge is 2.09. The van der Waals surface area contributed by atoms with Crippen LogP contribution in [0.25, 0.3) is 0 Å². The quantitative estimate of drug-likeness (QED) is 0.798. The van der Waals surface area contributed by atoms with Crippen molar-refractivity contribution in [3.63, 3.8) is 0 Å². The topological polar surface area (TPSA) is 36.4 Å². The molecule has 0 atom stereocenters. The molecule has 14 heavy (non-hydrogen) atoms. The van der Waals surface area contributed by atoms with Crippen LogP contribution in [0.4, 0.5) is 14.6 Å². The molecule has 3 nitrogen and oxygen atoms in total. The van der Waals surface area contributed by atoms with Crippen molar-refractivity contribution in [3.05, 3.63) is 23.9 Å². The van der Waals surface area contributed by atoms with Gasteiger partial charge in [-0.3, -0.25) is 0 Å². The Hall–Kier alpha value is -1.23. The van der Waals surface area contributed by atoms with Gasteiger partial charge in [0, 0.05) is 7.05 Å². The lowest BCUT2D eigenvalue weighted by Crippen LogP contribution is -2.25. The number of pyridine rings is 1. The van der Waals surface area contributed by atoms with Crippen LogP contribution in [0.2, 0.25) is 0 Å². The highest BCUT2D eigenvalue weighted by atomic mass is 19.3. The van der Waals surface area contributed by atoms with E-state index in [-0.39, 0.29) is 13.2 Å². The SMILES string of the molecule is CN(CC(F)F)c1cccc(CO)n1. The number of aliphatic hydroxyl groups is 1. The maximum Gasteiger partial charge on any atom is 0.255 e. The van der Waals surface area contributed by atoms with E-state index in [1.165, 1.54) is 11.9 Å². The van der Waals surface area contributed by atoms with Crippen molar-refractivity contribution in [2.24, 2.45) is 0 Å². The van der Waals surface area contributed by atoms with E-state index < -0.39 is 6.43 Å². The lowest BCUT2D eigenvalue weighted by atomic mass is 10.3. The zero-order chi connectivity index (χ0) is 10.6. The van der Waals surface area contributed by atoms with Crippen LogP contribution in [-0.4, -0.2) is 30.1 Å². The molecule has 1 heterocycles. The predicted octanol–water partition coefficient (Wildman–Crippen LogP) is 1.28. The van der Waals surface area contributed by atoms with E-state index >= 15 is 0 Å². The Balaban J connectivity index is 2.73. The number of anilines is 1. The number of hydrogen-bond acceptors (Lipinski definition) is 3. The van der Waals surface area contributed by atoms with E-state index in [1.54, 1.807) is 18.2 Å². The molecule has 0 radical (unpaired) electrons. The first-order chi connectivity index (χ1) is 6.63. The molecule has 0 unspecified atom stereocenters. The molecule has 78 valence electrons. The number of nitrogens with zero attached hydrogens (tertiary/aromatic N) is 2. The second kappa shape index (κ2) is 4.85. The Labute approximate surface area is 81.0 Å². The van der Waals surface area contributed by atoms with Gasteiger partial charge in [-0.15, -0.1) is 0 Å². The third-order valence-electron chi connectivity index (χ3n) is 1.76. The fourth-order valence-electron chi connectivity index (χ4n) is 1.07. The van der Waals surface area contributed by atoms with E-state index in [0.29, 0.717) is 11.5 Å². The van der Waals surface area contributed by atoms with E-state index in [9.17, 15) is 8.78 Å². The van der Waals surface area contributed by atoms with E-state index in [0.717, 1.165) is 0 Å². The Morgan fingerprint density at radius 1 is 1.50 bits per heavy atom. The molecule has 1 rings (SSSR count). The second-order valence-corrected chi connectivity index (χ2v) is 2.92. The predicted molar refractivity (Wildman–Crippen MR) is 49.4 cm³/mol. The number of alkyl halides is 2. The van der Waals surface area contributed by atoms with Crippen LogP contribution >= 0.6 is 0 Å². The van der Waals surface area contributed by atoms with Gasteiger partial charge in [0.05, 0.1) is 18.8 Å². The standard InChI is InChI=1S/C9H12F2N2O/c1-13(5-8(10)11)9-4-2-3-7(6-14)12-9/h2-4,8,14H,5-6H2,1H3. The minimum atomic E-state index is -2.39. The average Bonchev–Trinajstić information content (AvgIpc) is 2.17. The van der Waals surface area contributed by atoms with Gasteiger partial charge in [-0.1, -0.05) is 6.07 Å². The van der Waals surface area contributed by atoms with E-state index in [1.807, 2.05) is 0 Å². The van der Waals surface area contributed by atoms with Crippen molar-refractivity contribution in [2.75, 3.05) is 18.5 Å². The largest absolute Gasteiger partial charge is 0.390 e. The van der Waals surface area contributed by atoms with Gasteiger partial charge in [0.2, 0.25) is 0 Å². The minimum Gasteiger partial charge on any atom is -0.390 e. The average molecular weight is 202 g/mol. The van der Waals surface area contributed by atoms with Crippen molar-refractivity contribution in [2.45, 2.75) is 13.0 Å². The van der Waals surface area contributed by atoms with Crippen molar-refractivity contribution in [3.8, 4) is 0 Å². The van der Waals surface area contributed by atoms with Gasteiger partial charge in [-0.25, -0.2) is 13.8 Å². The third-order valence-corrected chi connectivity index (χ3v) is 1.76. The van der Waals surface area contributed by atoms with Gasteiger partial charge < -0.3 is 10.0 Å². The summed E-state index contributed by atoms with van der Waals surface area (Å²) in [5, 5.41) is 8.80. The summed E-state index contributed by atoms with van der Waals surface area (Å²) in [6.45, 7) is -0.543. The molecule has 0 spiro atoms. The normalized spacial score (nSPS) is 10.6. The zero-order valence-electron chi connectivity index (χ0n) is 7.82. The smallest absolute Gasteiger partial charge is 0.255 e. The Morgan fingerprint density at radius 3 is 2.79 bits per heavy atom. The van der Waals surface area contributed by atoms with Crippen LogP contribution in [0.3, 0.4) is 0 Å². The number of aromatic nitrogens is 1. The Kier molecular flexibility index (Phi) is 3.76. The summed E-state index contributed by atoms with van der Waals surface area (Å²) >= 11 is 0. The molecule has 1 aromatic rings. The number of aliphatic hydroxyl groups excluding tert-OH is 1. The fourth-order valence-corrected chi connectivity index (χ4v) is 1.07. The molecule has 0 saturated carbocycles. The first kappa shape index (κ1) is 10.8. The molecular formula is C9H12F2N2O. The van der Waals surface area contributed by atoms with Gasteiger partial charge in [-0.2, -0.15) is 0 Å². The lowest BCUT2D eigenvalue weighted by molar-refractivity contribution is 0.156. The molecule has 0 aromatic carbocycles. The fraction of sp³-hybridized carbons (Fsp3) is 0.444. The van der Waals surface area contributed by atoms with Gasteiger partial charge in [-0.05, 0) is 12.1 Å². The molecule has 0 amide bonds. The molecule has 0 aliphatic heterocycles. The summed E-state index contributed by atoms with van der Waals surface area (Å²) in [4.78, 5) is 5.34. The van der Waals surface area contributed by atoms with Gasteiger partial charge in [0.25, 0.3) is 6.43 Å². The highest BCUT2D eigenvalue weighted by Crippen LogP contribution is 2.11. The highest BCUT2D eigenvalue weighted by molar-refractivity contribution is 5.38. The molecule has 5 heteroatoms. The summed E-state index contributed by atoms with van der Waals surface area (Å²) < 4.78 is 24.1. The van der Waals surface area contributed by atoms with Crippen LogP contribution in [0.5, 0.6) is 0 Å². The molecule has 0 saturated heterocycles. The molecule has 0 aliphatic rings. The van der Waals surface area contributed by atoms with Crippen LogP contribution in [0.1, 0.15) is 5.69 Å². The summed E-state index contributed by atoms with van der Waals surface area (Å²) in [5.41, 5.74) is 0.476. The zero-order valence-corrected chi connectivity index (χ0v) is 7.82. The Morgan fingerprint density at radius 2 is 2.21 bits per heavy atom. The third kappa shape index (κ3) is 2.92. The monoisotopic (exact) mass is 202 g/mol. The summed E-state index contributed by atoms with van der Waals surface area (Å²) in [5.74, 6) is 0.442. The molecule has 0 bridgehead atoms. The van der Waals surface area contributed by atoms with Crippen molar-refractivity contribution < 1.29 is 13.9 Å². The summed E-state index contributed by atoms with van der Waals surface area (Å²) in [6.07, 6.45) is -2.39. The number of hydrogen-bond donors (Lipinski definition) is 1. The first-order valence-corrected chi connectivity index (χ1v) is 4.19. The van der Waals surface area contributed by atoms with Crippen LogP contribution in [0, 0.1) is 0 Å². The maximum atomic E-state index is 12.0. The maximum absolute atomic E-state index is 12.0. The summed E-state index contributed by atoms with van der Waals surface area (Å²) in [6, 6.07) is 4.94. The van der Waals surface area contributed by atoms with Crippen LogP contribution in [-0.2, 0) is 6.61 Å². The van der Waals surface area contributed by atoms with E-state index in [4.69, 9.17) is 5.11 Å². The number of rotatable bonds is 4. The lowest BCUT2D eigenvalue weighted by Gasteiger charge is -2.17. The first-order valence-electron chi connectivity index (χ1n) is 4.19. The van der Waals surface area contributed by atoms with Crippen molar-refractivity contribution in [1.29, 1.82) is 0 Å². The van der Waals surface area contributed by atoms with Crippen molar-refractivity contribution >= 4 is 5.82 Å². The molecule has 1 N–H and O–H groups in total. The van der Waals surface area contributed by atoms with Gasteiger partial charge >= 0.3 is 0 Å². The molecule has 0 fully saturated rings. The van der Waals surface area contributed by atoms with Gasteiger partial charge in [0.15, 0.2) is 0 Å². The minimum absolute atomic E-state index is 0.184. The molecule has 0 aliphatic carbocycles. The van der Waals surface area contributed by atoms with Crippen LogP contribution in [0.15, 0.2) is 18.2 Å². The molecular weight excluding hydrogens is 190 g/mol. The van der Waals surface area contributed by atoms with Gasteiger partial charge in [0.1, 0.15) is 5.82 Å². The summed E-state index contributed by atoms with van der Waals surface area (Å²) in [7, 11) is 1.54. The van der Waals surface area contributed by atoms with Crippen molar-refractivity contribution in [1.82, 2.24) is 4.98 Å². The second-order valence-electron chi connectivity index (χ2n) is 2.92.